The lowest BCUT2D eigenvalue weighted by Gasteiger charge is -2.06. The lowest BCUT2D eigenvalue weighted by Crippen LogP contribution is -2.04. The second kappa shape index (κ2) is 6.00. The molecule has 2 aromatic rings. The van der Waals surface area contributed by atoms with E-state index in [1.165, 1.54) is 7.11 Å². The Balaban J connectivity index is 2.28. The van der Waals surface area contributed by atoms with Crippen LogP contribution < -0.4 is 4.74 Å². The lowest BCUT2D eigenvalue weighted by molar-refractivity contribution is 0.0594. The summed E-state index contributed by atoms with van der Waals surface area (Å²) in [4.78, 5) is 15.7. The Morgan fingerprint density at radius 3 is 2.53 bits per heavy atom. The van der Waals surface area contributed by atoms with Gasteiger partial charge in [0.2, 0.25) is 0 Å². The summed E-state index contributed by atoms with van der Waals surface area (Å²) in [6, 6.07) is 12.8. The van der Waals surface area contributed by atoms with Crippen molar-refractivity contribution < 1.29 is 14.3 Å². The first kappa shape index (κ1) is 13.1. The predicted molar refractivity (Wildman–Crippen MR) is 72.2 cm³/mol. The molecule has 0 bridgehead atoms. The minimum atomic E-state index is -0.437. The van der Waals surface area contributed by atoms with Crippen molar-refractivity contribution in [2.45, 2.75) is 6.92 Å². The van der Waals surface area contributed by atoms with E-state index in [4.69, 9.17) is 4.74 Å². The zero-order valence-corrected chi connectivity index (χ0v) is 10.9. The Bertz CT molecular complexity index is 564. The number of aromatic nitrogens is 1. The Kier molecular flexibility index (Phi) is 4.13. The van der Waals surface area contributed by atoms with E-state index in [9.17, 15) is 4.79 Å². The number of pyridine rings is 1. The molecule has 0 spiro atoms. The second-order valence-corrected chi connectivity index (χ2v) is 3.86. The number of rotatable bonds is 4. The molecule has 0 aliphatic carbocycles. The Hall–Kier alpha value is -2.36. The Labute approximate surface area is 112 Å². The fraction of sp³-hybridized carbons (Fsp3) is 0.200. The molecule has 4 heteroatoms. The van der Waals surface area contributed by atoms with Crippen molar-refractivity contribution in [3.05, 3.63) is 48.2 Å². The first-order chi connectivity index (χ1) is 9.24. The smallest absolute Gasteiger partial charge is 0.356 e. The molecule has 0 saturated carbocycles. The average molecular weight is 257 g/mol. The van der Waals surface area contributed by atoms with Crippen LogP contribution in [0, 0.1) is 0 Å². The molecule has 0 radical (unpaired) electrons. The van der Waals surface area contributed by atoms with Crippen molar-refractivity contribution in [2.75, 3.05) is 13.7 Å². The molecule has 0 N–H and O–H groups in total. The van der Waals surface area contributed by atoms with E-state index < -0.39 is 5.97 Å². The number of nitrogens with zero attached hydrogens (tertiary/aromatic N) is 1. The van der Waals surface area contributed by atoms with Gasteiger partial charge < -0.3 is 9.47 Å². The highest BCUT2D eigenvalue weighted by molar-refractivity contribution is 5.87. The third-order valence-electron chi connectivity index (χ3n) is 2.60. The van der Waals surface area contributed by atoms with E-state index in [0.29, 0.717) is 12.3 Å². The molecule has 0 atom stereocenters. The van der Waals surface area contributed by atoms with Crippen LogP contribution in [-0.2, 0) is 4.74 Å². The fourth-order valence-electron chi connectivity index (χ4n) is 1.70. The standard InChI is InChI=1S/C15H15NO3/c1-3-19-12-9-7-11(8-10-12)13-5-4-6-14(16-13)15(17)18-2/h4-10H,3H2,1-2H3. The van der Waals surface area contributed by atoms with E-state index in [-0.39, 0.29) is 0 Å². The van der Waals surface area contributed by atoms with Gasteiger partial charge in [0.25, 0.3) is 0 Å². The summed E-state index contributed by atoms with van der Waals surface area (Å²) >= 11 is 0. The highest BCUT2D eigenvalue weighted by Crippen LogP contribution is 2.21. The van der Waals surface area contributed by atoms with Crippen molar-refractivity contribution in [3.8, 4) is 17.0 Å². The van der Waals surface area contributed by atoms with E-state index in [1.54, 1.807) is 12.1 Å². The van der Waals surface area contributed by atoms with Crippen LogP contribution in [0.4, 0.5) is 0 Å². The molecule has 4 nitrogen and oxygen atoms in total. The van der Waals surface area contributed by atoms with Gasteiger partial charge in [0.05, 0.1) is 19.4 Å². The van der Waals surface area contributed by atoms with Crippen molar-refractivity contribution in [1.29, 1.82) is 0 Å². The molecule has 2 rings (SSSR count). The van der Waals surface area contributed by atoms with E-state index in [2.05, 4.69) is 9.72 Å². The van der Waals surface area contributed by atoms with Crippen LogP contribution in [0.2, 0.25) is 0 Å². The molecule has 1 heterocycles. The zero-order valence-electron chi connectivity index (χ0n) is 10.9. The van der Waals surface area contributed by atoms with Gasteiger partial charge in [-0.15, -0.1) is 0 Å². The second-order valence-electron chi connectivity index (χ2n) is 3.86. The topological polar surface area (TPSA) is 48.4 Å². The number of benzene rings is 1. The van der Waals surface area contributed by atoms with Crippen molar-refractivity contribution >= 4 is 5.97 Å². The Morgan fingerprint density at radius 1 is 1.16 bits per heavy atom. The van der Waals surface area contributed by atoms with Gasteiger partial charge in [0, 0.05) is 5.56 Å². The van der Waals surface area contributed by atoms with Gasteiger partial charge in [-0.1, -0.05) is 6.07 Å². The molecule has 19 heavy (non-hydrogen) atoms. The third-order valence-corrected chi connectivity index (χ3v) is 2.60. The maximum absolute atomic E-state index is 11.4. The number of ether oxygens (including phenoxy) is 2. The maximum atomic E-state index is 11.4. The van der Waals surface area contributed by atoms with Crippen molar-refractivity contribution in [3.63, 3.8) is 0 Å². The Morgan fingerprint density at radius 2 is 1.89 bits per heavy atom. The SMILES string of the molecule is CCOc1ccc(-c2cccc(C(=O)OC)n2)cc1. The molecule has 0 amide bonds. The lowest BCUT2D eigenvalue weighted by atomic mass is 10.1. The summed E-state index contributed by atoms with van der Waals surface area (Å²) in [5.41, 5.74) is 1.95. The molecule has 0 unspecified atom stereocenters. The number of carbonyl (C=O) groups excluding carboxylic acids is 1. The molecule has 98 valence electrons. The normalized spacial score (nSPS) is 10.0. The summed E-state index contributed by atoms with van der Waals surface area (Å²) in [7, 11) is 1.34. The molecule has 0 fully saturated rings. The maximum Gasteiger partial charge on any atom is 0.356 e. The quantitative estimate of drug-likeness (QED) is 0.790. The largest absolute Gasteiger partial charge is 0.494 e. The van der Waals surface area contributed by atoms with Gasteiger partial charge >= 0.3 is 5.97 Å². The predicted octanol–water partition coefficient (Wildman–Crippen LogP) is 2.93. The van der Waals surface area contributed by atoms with Crippen LogP contribution >= 0.6 is 0 Å². The van der Waals surface area contributed by atoms with Crippen LogP contribution in [-0.4, -0.2) is 24.7 Å². The minimum Gasteiger partial charge on any atom is -0.494 e. The molecule has 1 aromatic heterocycles. The van der Waals surface area contributed by atoms with Gasteiger partial charge in [0.1, 0.15) is 11.4 Å². The molecular formula is C15H15NO3. The third kappa shape index (κ3) is 3.10. The molecule has 0 aliphatic heterocycles. The summed E-state index contributed by atoms with van der Waals surface area (Å²) in [5, 5.41) is 0. The van der Waals surface area contributed by atoms with Gasteiger partial charge in [-0.2, -0.15) is 0 Å². The van der Waals surface area contributed by atoms with Crippen molar-refractivity contribution in [2.24, 2.45) is 0 Å². The summed E-state index contributed by atoms with van der Waals surface area (Å²) in [6.07, 6.45) is 0. The number of carbonyl (C=O) groups is 1. The van der Waals surface area contributed by atoms with Crippen LogP contribution in [0.1, 0.15) is 17.4 Å². The first-order valence-corrected chi connectivity index (χ1v) is 6.03. The highest BCUT2D eigenvalue weighted by Gasteiger charge is 2.08. The number of esters is 1. The molecule has 0 aliphatic rings. The van der Waals surface area contributed by atoms with Crippen molar-refractivity contribution in [1.82, 2.24) is 4.98 Å². The molecule has 0 saturated heterocycles. The molecule has 1 aromatic carbocycles. The van der Waals surface area contributed by atoms with Gasteiger partial charge in [-0.05, 0) is 43.3 Å². The first-order valence-electron chi connectivity index (χ1n) is 6.03. The zero-order chi connectivity index (χ0) is 13.7. The monoisotopic (exact) mass is 257 g/mol. The van der Waals surface area contributed by atoms with Gasteiger partial charge in [0.15, 0.2) is 0 Å². The van der Waals surface area contributed by atoms with E-state index in [0.717, 1.165) is 17.0 Å². The van der Waals surface area contributed by atoms with Crippen LogP contribution in [0.25, 0.3) is 11.3 Å². The molecular weight excluding hydrogens is 242 g/mol. The van der Waals surface area contributed by atoms with Crippen LogP contribution in [0.5, 0.6) is 5.75 Å². The summed E-state index contributed by atoms with van der Waals surface area (Å²) in [5.74, 6) is 0.378. The minimum absolute atomic E-state index is 0.300. The van der Waals surface area contributed by atoms with E-state index >= 15 is 0 Å². The average Bonchev–Trinajstić information content (AvgIpc) is 2.48. The number of hydrogen-bond acceptors (Lipinski definition) is 4. The van der Waals surface area contributed by atoms with Crippen LogP contribution in [0.3, 0.4) is 0 Å². The summed E-state index contributed by atoms with van der Waals surface area (Å²) < 4.78 is 10.0. The fourth-order valence-corrected chi connectivity index (χ4v) is 1.70. The summed E-state index contributed by atoms with van der Waals surface area (Å²) in [6.45, 7) is 2.57. The van der Waals surface area contributed by atoms with E-state index in [1.807, 2.05) is 37.3 Å². The van der Waals surface area contributed by atoms with Gasteiger partial charge in [-0.25, -0.2) is 9.78 Å². The highest BCUT2D eigenvalue weighted by atomic mass is 16.5. The number of hydrogen-bond donors (Lipinski definition) is 0. The number of methoxy groups -OCH3 is 1. The van der Waals surface area contributed by atoms with Gasteiger partial charge in [-0.3, -0.25) is 0 Å². The van der Waals surface area contributed by atoms with Crippen LogP contribution in [0.15, 0.2) is 42.5 Å².